The molecule has 2 atom stereocenters. The second kappa shape index (κ2) is 7.24. The van der Waals surface area contributed by atoms with Crippen molar-refractivity contribution < 1.29 is 4.39 Å². The number of benzene rings is 1. The summed E-state index contributed by atoms with van der Waals surface area (Å²) in [7, 11) is 0. The zero-order valence-electron chi connectivity index (χ0n) is 10.5. The summed E-state index contributed by atoms with van der Waals surface area (Å²) in [5.74, 6) is 0.783. The molecule has 0 fully saturated rings. The largest absolute Gasteiger partial charge is 0.308 e. The molecular formula is C13H19ClFNS. The van der Waals surface area contributed by atoms with E-state index in [2.05, 4.69) is 18.5 Å². The third-order valence-corrected chi connectivity index (χ3v) is 3.68. The Morgan fingerprint density at radius 1 is 1.41 bits per heavy atom. The number of rotatable bonds is 6. The molecule has 0 saturated carbocycles. The van der Waals surface area contributed by atoms with Crippen molar-refractivity contribution in [2.75, 3.05) is 12.0 Å². The summed E-state index contributed by atoms with van der Waals surface area (Å²) in [6.07, 6.45) is 3.21. The van der Waals surface area contributed by atoms with Crippen LogP contribution in [0, 0.1) is 5.82 Å². The molecule has 2 unspecified atom stereocenters. The Labute approximate surface area is 112 Å². The van der Waals surface area contributed by atoms with E-state index in [0.717, 1.165) is 17.7 Å². The van der Waals surface area contributed by atoms with E-state index in [1.54, 1.807) is 6.07 Å². The summed E-state index contributed by atoms with van der Waals surface area (Å²) in [5.41, 5.74) is 0.933. The van der Waals surface area contributed by atoms with Gasteiger partial charge in [-0.1, -0.05) is 17.7 Å². The van der Waals surface area contributed by atoms with E-state index in [-0.39, 0.29) is 16.9 Å². The highest BCUT2D eigenvalue weighted by atomic mass is 35.5. The van der Waals surface area contributed by atoms with Crippen molar-refractivity contribution in [2.24, 2.45) is 0 Å². The first-order chi connectivity index (χ1) is 8.04. The molecule has 0 aliphatic heterocycles. The average molecular weight is 276 g/mol. The fourth-order valence-corrected chi connectivity index (χ4v) is 2.39. The van der Waals surface area contributed by atoms with Crippen LogP contribution in [0.5, 0.6) is 0 Å². The maximum absolute atomic E-state index is 13.3. The fourth-order valence-electron chi connectivity index (χ4n) is 1.68. The Bertz CT molecular complexity index is 359. The molecule has 17 heavy (non-hydrogen) atoms. The van der Waals surface area contributed by atoms with E-state index in [4.69, 9.17) is 11.6 Å². The predicted molar refractivity (Wildman–Crippen MR) is 75.4 cm³/mol. The molecule has 0 spiro atoms. The average Bonchev–Trinajstić information content (AvgIpc) is 2.30. The van der Waals surface area contributed by atoms with Gasteiger partial charge in [0.1, 0.15) is 5.82 Å². The molecule has 0 saturated heterocycles. The van der Waals surface area contributed by atoms with Gasteiger partial charge in [0, 0.05) is 12.1 Å². The van der Waals surface area contributed by atoms with Gasteiger partial charge in [0.25, 0.3) is 0 Å². The van der Waals surface area contributed by atoms with E-state index in [1.165, 1.54) is 6.07 Å². The van der Waals surface area contributed by atoms with E-state index >= 15 is 0 Å². The van der Waals surface area contributed by atoms with Crippen LogP contribution in [0.4, 0.5) is 4.39 Å². The summed E-state index contributed by atoms with van der Waals surface area (Å²) >= 11 is 7.50. The molecule has 4 heteroatoms. The van der Waals surface area contributed by atoms with Gasteiger partial charge < -0.3 is 5.32 Å². The highest BCUT2D eigenvalue weighted by Gasteiger charge is 2.11. The van der Waals surface area contributed by atoms with Crippen molar-refractivity contribution >= 4 is 23.4 Å². The first-order valence-corrected chi connectivity index (χ1v) is 7.51. The quantitative estimate of drug-likeness (QED) is 0.832. The van der Waals surface area contributed by atoms with Crippen LogP contribution < -0.4 is 5.32 Å². The van der Waals surface area contributed by atoms with Crippen LogP contribution in [0.3, 0.4) is 0 Å². The van der Waals surface area contributed by atoms with Crippen molar-refractivity contribution in [3.8, 4) is 0 Å². The van der Waals surface area contributed by atoms with Crippen LogP contribution in [-0.4, -0.2) is 18.1 Å². The second-order valence-electron chi connectivity index (χ2n) is 4.24. The molecule has 1 rings (SSSR count). The lowest BCUT2D eigenvalue weighted by Crippen LogP contribution is -2.29. The predicted octanol–water partition coefficient (Wildman–Crippen LogP) is 4.27. The van der Waals surface area contributed by atoms with Gasteiger partial charge in [-0.3, -0.25) is 0 Å². The van der Waals surface area contributed by atoms with Gasteiger partial charge in [0.2, 0.25) is 0 Å². The Kier molecular flexibility index (Phi) is 6.31. The Morgan fingerprint density at radius 3 is 2.71 bits per heavy atom. The molecule has 0 radical (unpaired) electrons. The molecule has 0 bridgehead atoms. The van der Waals surface area contributed by atoms with Crippen LogP contribution in [0.1, 0.15) is 31.9 Å². The van der Waals surface area contributed by atoms with Crippen molar-refractivity contribution in [1.29, 1.82) is 0 Å². The molecule has 1 nitrogen and oxygen atoms in total. The number of thioether (sulfide) groups is 1. The summed E-state index contributed by atoms with van der Waals surface area (Å²) in [4.78, 5) is 0. The van der Waals surface area contributed by atoms with Crippen molar-refractivity contribution in [3.63, 3.8) is 0 Å². The van der Waals surface area contributed by atoms with Crippen molar-refractivity contribution in [1.82, 2.24) is 5.32 Å². The van der Waals surface area contributed by atoms with E-state index in [0.29, 0.717) is 6.04 Å². The smallest absolute Gasteiger partial charge is 0.142 e. The lowest BCUT2D eigenvalue weighted by Gasteiger charge is -2.20. The normalized spacial score (nSPS) is 14.6. The van der Waals surface area contributed by atoms with Crippen LogP contribution in [0.25, 0.3) is 0 Å². The van der Waals surface area contributed by atoms with E-state index in [1.807, 2.05) is 24.8 Å². The lowest BCUT2D eigenvalue weighted by atomic mass is 10.1. The summed E-state index contributed by atoms with van der Waals surface area (Å²) in [6.45, 7) is 4.19. The lowest BCUT2D eigenvalue weighted by molar-refractivity contribution is 0.470. The molecule has 0 aliphatic rings. The monoisotopic (exact) mass is 275 g/mol. The number of nitrogens with one attached hydrogen (secondary N) is 1. The second-order valence-corrected chi connectivity index (χ2v) is 5.64. The maximum Gasteiger partial charge on any atom is 0.142 e. The van der Waals surface area contributed by atoms with Gasteiger partial charge in [0.05, 0.1) is 5.02 Å². The van der Waals surface area contributed by atoms with Gasteiger partial charge in [0.15, 0.2) is 0 Å². The molecule has 1 aromatic rings. The third kappa shape index (κ3) is 4.86. The molecule has 1 N–H and O–H groups in total. The molecule has 1 aromatic carbocycles. The first kappa shape index (κ1) is 14.8. The van der Waals surface area contributed by atoms with Crippen LogP contribution in [-0.2, 0) is 0 Å². The molecule has 96 valence electrons. The van der Waals surface area contributed by atoms with E-state index < -0.39 is 0 Å². The van der Waals surface area contributed by atoms with Gasteiger partial charge in [-0.05, 0) is 50.0 Å². The number of halogens is 2. The Hall–Kier alpha value is -0.250. The number of hydrogen-bond donors (Lipinski definition) is 1. The zero-order chi connectivity index (χ0) is 12.8. The van der Waals surface area contributed by atoms with Crippen molar-refractivity contribution in [3.05, 3.63) is 34.6 Å². The Balaban J connectivity index is 2.57. The summed E-state index contributed by atoms with van der Waals surface area (Å²) in [5, 5.41) is 3.63. The standard InChI is InChI=1S/C13H19ClFNS/c1-9(6-7-17-3)16-10(2)11-4-5-12(14)13(15)8-11/h4-5,8-10,16H,6-7H2,1-3H3. The molecule has 0 aliphatic carbocycles. The fraction of sp³-hybridized carbons (Fsp3) is 0.538. The first-order valence-electron chi connectivity index (χ1n) is 5.74. The Morgan fingerprint density at radius 2 is 2.12 bits per heavy atom. The topological polar surface area (TPSA) is 12.0 Å². The van der Waals surface area contributed by atoms with Gasteiger partial charge in [-0.15, -0.1) is 0 Å². The van der Waals surface area contributed by atoms with Crippen LogP contribution >= 0.6 is 23.4 Å². The van der Waals surface area contributed by atoms with Gasteiger partial charge in [-0.25, -0.2) is 4.39 Å². The van der Waals surface area contributed by atoms with E-state index in [9.17, 15) is 4.39 Å². The highest BCUT2D eigenvalue weighted by molar-refractivity contribution is 7.98. The summed E-state index contributed by atoms with van der Waals surface area (Å²) < 4.78 is 13.3. The highest BCUT2D eigenvalue weighted by Crippen LogP contribution is 2.20. The molecule has 0 aromatic heterocycles. The maximum atomic E-state index is 13.3. The minimum absolute atomic E-state index is 0.138. The molecule has 0 heterocycles. The SMILES string of the molecule is CSCCC(C)NC(C)c1ccc(Cl)c(F)c1. The minimum atomic E-state index is -0.352. The minimum Gasteiger partial charge on any atom is -0.308 e. The van der Waals surface area contributed by atoms with Crippen LogP contribution in [0.15, 0.2) is 18.2 Å². The third-order valence-electron chi connectivity index (χ3n) is 2.73. The summed E-state index contributed by atoms with van der Waals surface area (Å²) in [6, 6.07) is 5.54. The van der Waals surface area contributed by atoms with Crippen LogP contribution in [0.2, 0.25) is 5.02 Å². The molecular weight excluding hydrogens is 257 g/mol. The number of hydrogen-bond acceptors (Lipinski definition) is 2. The van der Waals surface area contributed by atoms with Gasteiger partial charge in [-0.2, -0.15) is 11.8 Å². The zero-order valence-corrected chi connectivity index (χ0v) is 12.0. The molecule has 0 amide bonds. The van der Waals surface area contributed by atoms with Gasteiger partial charge >= 0.3 is 0 Å². The van der Waals surface area contributed by atoms with Crippen molar-refractivity contribution in [2.45, 2.75) is 32.4 Å².